The van der Waals surface area contributed by atoms with E-state index in [0.29, 0.717) is 12.1 Å². The quantitative estimate of drug-likeness (QED) is 0.298. The Morgan fingerprint density at radius 2 is 1.76 bits per heavy atom. The van der Waals surface area contributed by atoms with E-state index in [2.05, 4.69) is 16.0 Å². The average molecular weight is 601 g/mol. The number of nitrogens with one attached hydrogen (secondary N) is 3. The summed E-state index contributed by atoms with van der Waals surface area (Å²) in [6.45, 7) is 5.87. The smallest absolute Gasteiger partial charge is 0.248 e. The third-order valence-electron chi connectivity index (χ3n) is 7.70. The first-order chi connectivity index (χ1) is 19.2. The normalized spacial score (nSPS) is 23.4. The largest absolute Gasteiger partial charge is 0.366 e. The summed E-state index contributed by atoms with van der Waals surface area (Å²) in [4.78, 5) is 39.6. The van der Waals surface area contributed by atoms with Crippen LogP contribution in [0.25, 0.3) is 0 Å². The summed E-state index contributed by atoms with van der Waals surface area (Å²) in [5.41, 5.74) is 3.96. The molecular formula is C30H28Cl2F2N4O3. The number of hydrogen-bond acceptors (Lipinski definition) is 4. The van der Waals surface area contributed by atoms with Crippen LogP contribution in [-0.2, 0) is 15.0 Å². The Hall–Kier alpha value is -3.53. The highest BCUT2D eigenvalue weighted by Crippen LogP contribution is 2.58. The van der Waals surface area contributed by atoms with Crippen LogP contribution in [0.2, 0.25) is 10.0 Å². The van der Waals surface area contributed by atoms with Gasteiger partial charge in [-0.3, -0.25) is 14.4 Å². The molecule has 4 atom stereocenters. The van der Waals surface area contributed by atoms with Crippen LogP contribution in [0.4, 0.5) is 20.2 Å². The van der Waals surface area contributed by atoms with Gasteiger partial charge in [-0.15, -0.1) is 0 Å². The van der Waals surface area contributed by atoms with E-state index in [1.165, 1.54) is 48.5 Å². The second kappa shape index (κ2) is 10.4. The van der Waals surface area contributed by atoms with Gasteiger partial charge in [0, 0.05) is 39.5 Å². The molecule has 0 saturated carbocycles. The minimum Gasteiger partial charge on any atom is -0.366 e. The second-order valence-corrected chi connectivity index (χ2v) is 12.5. The molecule has 1 fully saturated rings. The lowest BCUT2D eigenvalue weighted by molar-refractivity contribution is -0.122. The van der Waals surface area contributed by atoms with Crippen LogP contribution < -0.4 is 21.7 Å². The van der Waals surface area contributed by atoms with Crippen LogP contribution in [0.5, 0.6) is 0 Å². The van der Waals surface area contributed by atoms with Crippen LogP contribution in [0.15, 0.2) is 54.6 Å². The zero-order chi connectivity index (χ0) is 29.9. The Labute approximate surface area is 245 Å². The number of carbonyl (C=O) groups is 3. The number of carbonyl (C=O) groups excluding carboxylic acids is 3. The summed E-state index contributed by atoms with van der Waals surface area (Å²) in [5, 5.41) is 8.69. The first-order valence-electron chi connectivity index (χ1n) is 13.0. The maximum atomic E-state index is 15.9. The Morgan fingerprint density at radius 3 is 2.39 bits per heavy atom. The molecule has 41 heavy (non-hydrogen) atoms. The molecule has 0 aliphatic carbocycles. The highest BCUT2D eigenvalue weighted by molar-refractivity contribution is 6.31. The number of hydrogen-bond donors (Lipinski definition) is 4. The van der Waals surface area contributed by atoms with Gasteiger partial charge in [0.1, 0.15) is 17.0 Å². The van der Waals surface area contributed by atoms with Gasteiger partial charge in [0.25, 0.3) is 0 Å². The van der Waals surface area contributed by atoms with Gasteiger partial charge in [-0.2, -0.15) is 0 Å². The molecule has 3 amide bonds. The summed E-state index contributed by atoms with van der Waals surface area (Å²) >= 11 is 12.3. The minimum atomic E-state index is -1.74. The van der Waals surface area contributed by atoms with Gasteiger partial charge in [-0.25, -0.2) is 8.78 Å². The third-order valence-corrected chi connectivity index (χ3v) is 8.21. The molecule has 2 heterocycles. The van der Waals surface area contributed by atoms with Gasteiger partial charge in [-0.05, 0) is 59.9 Å². The van der Waals surface area contributed by atoms with E-state index in [9.17, 15) is 14.4 Å². The van der Waals surface area contributed by atoms with E-state index in [0.717, 1.165) is 6.07 Å². The van der Waals surface area contributed by atoms with Crippen molar-refractivity contribution in [1.82, 2.24) is 5.32 Å². The molecule has 5 rings (SSSR count). The Balaban J connectivity index is 1.72. The van der Waals surface area contributed by atoms with Crippen molar-refractivity contribution < 1.29 is 23.2 Å². The topological polar surface area (TPSA) is 113 Å². The molecule has 3 aromatic rings. The summed E-state index contributed by atoms with van der Waals surface area (Å²) in [6, 6.07) is 10.8. The van der Waals surface area contributed by atoms with Crippen LogP contribution >= 0.6 is 23.2 Å². The maximum absolute atomic E-state index is 15.9. The van der Waals surface area contributed by atoms with Crippen molar-refractivity contribution in [2.45, 2.75) is 50.6 Å². The number of rotatable bonds is 5. The zero-order valence-electron chi connectivity index (χ0n) is 22.4. The average Bonchev–Trinajstić information content (AvgIpc) is 3.35. The van der Waals surface area contributed by atoms with Gasteiger partial charge in [-0.1, -0.05) is 56.1 Å². The number of amides is 3. The predicted molar refractivity (Wildman–Crippen MR) is 154 cm³/mol. The Kier molecular flexibility index (Phi) is 7.34. The summed E-state index contributed by atoms with van der Waals surface area (Å²) < 4.78 is 31.7. The summed E-state index contributed by atoms with van der Waals surface area (Å²) in [6.07, 6.45) is 0.331. The molecule has 5 N–H and O–H groups in total. The fourth-order valence-electron chi connectivity index (χ4n) is 6.17. The Morgan fingerprint density at radius 1 is 1.07 bits per heavy atom. The van der Waals surface area contributed by atoms with Gasteiger partial charge < -0.3 is 21.7 Å². The number of primary amides is 1. The molecule has 214 valence electrons. The molecule has 0 radical (unpaired) electrons. The van der Waals surface area contributed by atoms with Crippen LogP contribution in [-0.4, -0.2) is 29.8 Å². The number of nitrogens with two attached hydrogens (primary N) is 1. The number of anilines is 2. The first-order valence-corrected chi connectivity index (χ1v) is 13.7. The summed E-state index contributed by atoms with van der Waals surface area (Å²) in [5.74, 6) is -4.57. The highest BCUT2D eigenvalue weighted by atomic mass is 35.5. The number of fused-ring (bicyclic) bond motifs is 2. The predicted octanol–water partition coefficient (Wildman–Crippen LogP) is 5.76. The molecule has 1 spiro atoms. The van der Waals surface area contributed by atoms with Crippen molar-refractivity contribution in [3.05, 3.63) is 93.0 Å². The van der Waals surface area contributed by atoms with E-state index in [1.807, 2.05) is 20.8 Å². The van der Waals surface area contributed by atoms with E-state index in [-0.39, 0.29) is 37.8 Å². The van der Waals surface area contributed by atoms with Crippen molar-refractivity contribution in [2.75, 3.05) is 10.6 Å². The van der Waals surface area contributed by atoms with Crippen LogP contribution in [0.1, 0.15) is 54.6 Å². The van der Waals surface area contributed by atoms with Gasteiger partial charge >= 0.3 is 0 Å². The van der Waals surface area contributed by atoms with Crippen molar-refractivity contribution in [2.24, 2.45) is 11.1 Å². The van der Waals surface area contributed by atoms with Crippen molar-refractivity contribution in [1.29, 1.82) is 0 Å². The molecule has 3 aromatic carbocycles. The monoisotopic (exact) mass is 600 g/mol. The zero-order valence-corrected chi connectivity index (χ0v) is 24.0. The fourth-order valence-corrected chi connectivity index (χ4v) is 6.55. The lowest BCUT2D eigenvalue weighted by Gasteiger charge is -2.37. The molecule has 1 saturated heterocycles. The van der Waals surface area contributed by atoms with Crippen molar-refractivity contribution in [3.63, 3.8) is 0 Å². The second-order valence-electron chi connectivity index (χ2n) is 11.6. The molecule has 2 aliphatic heterocycles. The lowest BCUT2D eigenvalue weighted by atomic mass is 9.62. The molecule has 1 unspecified atom stereocenters. The van der Waals surface area contributed by atoms with Gasteiger partial charge in [0.05, 0.1) is 11.1 Å². The van der Waals surface area contributed by atoms with Gasteiger partial charge in [0.15, 0.2) is 0 Å². The molecule has 2 aliphatic rings. The molecular weight excluding hydrogens is 573 g/mol. The van der Waals surface area contributed by atoms with E-state index in [4.69, 9.17) is 28.9 Å². The lowest BCUT2D eigenvalue weighted by Crippen LogP contribution is -2.50. The summed E-state index contributed by atoms with van der Waals surface area (Å²) in [7, 11) is 0. The third kappa shape index (κ3) is 4.96. The standard InChI is InChI=1S/C30H28Cl2F2N4O3/c1-29(2,3)13-21-30(23-19(33)11-15(31)12-20(23)37-28(30)41)22(17-5-4-6-18(32)24(17)34)25(38-21)27(40)36-16-9-7-14(8-10-16)26(35)39/h4-12,21-22,25,38H,13H2,1-3H3,(H2,35,39)(H,36,40)(H,37,41)/t21-,22+,25+,30?/m0/s1. The van der Waals surface area contributed by atoms with E-state index in [1.54, 1.807) is 0 Å². The van der Waals surface area contributed by atoms with E-state index < -0.39 is 52.8 Å². The minimum absolute atomic E-state index is 0.0111. The van der Waals surface area contributed by atoms with Crippen LogP contribution in [0.3, 0.4) is 0 Å². The maximum Gasteiger partial charge on any atom is 0.248 e. The molecule has 11 heteroatoms. The first kappa shape index (κ1) is 29.0. The molecule has 0 bridgehead atoms. The van der Waals surface area contributed by atoms with Crippen molar-refractivity contribution >= 4 is 52.3 Å². The fraction of sp³-hybridized carbons (Fsp3) is 0.300. The number of halogens is 4. The van der Waals surface area contributed by atoms with E-state index >= 15 is 8.78 Å². The highest BCUT2D eigenvalue weighted by Gasteiger charge is 2.67. The van der Waals surface area contributed by atoms with Crippen LogP contribution in [0, 0.1) is 17.0 Å². The number of benzene rings is 3. The SMILES string of the molecule is CC(C)(C)C[C@@H]1N[C@@H](C(=O)Nc2ccc(C(N)=O)cc2)[C@@H](c2cccc(Cl)c2F)C12C(=O)Nc1cc(Cl)cc(F)c12. The van der Waals surface area contributed by atoms with Crippen molar-refractivity contribution in [3.8, 4) is 0 Å². The van der Waals surface area contributed by atoms with Gasteiger partial charge in [0.2, 0.25) is 17.7 Å². The molecule has 7 nitrogen and oxygen atoms in total. The molecule has 0 aromatic heterocycles. The Bertz CT molecular complexity index is 1580.